The molecule has 3 atom stereocenters. The molecule has 1 fully saturated rings. The average molecular weight is 289 g/mol. The Kier molecular flexibility index (Phi) is 6.87. The predicted molar refractivity (Wildman–Crippen MR) is 72.8 cm³/mol. The number of rotatable bonds is 8. The molecule has 116 valence electrons. The van der Waals surface area contributed by atoms with E-state index in [1.54, 1.807) is 12.0 Å². The van der Waals surface area contributed by atoms with Crippen LogP contribution >= 0.6 is 0 Å². The van der Waals surface area contributed by atoms with E-state index in [0.29, 0.717) is 25.8 Å². The number of hydrogen-bond donors (Lipinski definition) is 2. The second kappa shape index (κ2) is 8.16. The van der Waals surface area contributed by atoms with Crippen molar-refractivity contribution in [1.82, 2.24) is 10.2 Å². The molecule has 0 saturated carbocycles. The third-order valence-electron chi connectivity index (χ3n) is 3.55. The van der Waals surface area contributed by atoms with Crippen LogP contribution in [0.4, 0.5) is 4.39 Å². The van der Waals surface area contributed by atoms with E-state index in [0.717, 1.165) is 0 Å². The largest absolute Gasteiger partial charge is 0.382 e. The lowest BCUT2D eigenvalue weighted by Crippen LogP contribution is -2.43. The van der Waals surface area contributed by atoms with E-state index < -0.39 is 12.1 Å². The van der Waals surface area contributed by atoms with E-state index in [2.05, 4.69) is 5.32 Å². The van der Waals surface area contributed by atoms with Crippen molar-refractivity contribution >= 4 is 11.8 Å². The number of nitrogens with zero attached hydrogens (tertiary/aromatic N) is 1. The molecule has 1 aliphatic rings. The van der Waals surface area contributed by atoms with Gasteiger partial charge in [-0.25, -0.2) is 4.39 Å². The van der Waals surface area contributed by atoms with E-state index in [1.807, 2.05) is 6.92 Å². The smallest absolute Gasteiger partial charge is 0.231 e. The Hall–Kier alpha value is -1.21. The summed E-state index contributed by atoms with van der Waals surface area (Å²) in [6, 6.07) is -0.165. The molecule has 20 heavy (non-hydrogen) atoms. The maximum Gasteiger partial charge on any atom is 0.231 e. The van der Waals surface area contributed by atoms with Crippen LogP contribution in [-0.4, -0.2) is 61.8 Å². The fourth-order valence-electron chi connectivity index (χ4n) is 2.30. The minimum atomic E-state index is -0.968. The van der Waals surface area contributed by atoms with Gasteiger partial charge in [-0.3, -0.25) is 14.5 Å². The number of nitrogens with one attached hydrogen (secondary N) is 1. The number of carbonyl (C=O) groups excluding carboxylic acids is 2. The van der Waals surface area contributed by atoms with Crippen LogP contribution in [0, 0.1) is 0 Å². The second-order valence-corrected chi connectivity index (χ2v) is 5.27. The summed E-state index contributed by atoms with van der Waals surface area (Å²) in [5, 5.41) is 2.77. The Morgan fingerprint density at radius 2 is 2.25 bits per heavy atom. The summed E-state index contributed by atoms with van der Waals surface area (Å²) in [5.74, 6) is -0.570. The van der Waals surface area contributed by atoms with Gasteiger partial charge in [0.05, 0.1) is 12.6 Å². The summed E-state index contributed by atoms with van der Waals surface area (Å²) < 4.78 is 18.4. The van der Waals surface area contributed by atoms with Crippen molar-refractivity contribution in [2.75, 3.05) is 26.7 Å². The molecule has 6 nitrogen and oxygen atoms in total. The SMILES string of the molecule is CO[C@H](C)CCC(=O)NC[C@@H]1C[C@H](F)CN1CC(N)=O. The van der Waals surface area contributed by atoms with Gasteiger partial charge in [-0.05, 0) is 19.8 Å². The van der Waals surface area contributed by atoms with Gasteiger partial charge in [-0.2, -0.15) is 0 Å². The summed E-state index contributed by atoms with van der Waals surface area (Å²) in [7, 11) is 1.60. The zero-order valence-corrected chi connectivity index (χ0v) is 12.1. The third-order valence-corrected chi connectivity index (χ3v) is 3.55. The van der Waals surface area contributed by atoms with Gasteiger partial charge < -0.3 is 15.8 Å². The number of likely N-dealkylation sites (tertiary alicyclic amines) is 1. The lowest BCUT2D eigenvalue weighted by Gasteiger charge is -2.22. The molecule has 0 aliphatic carbocycles. The topological polar surface area (TPSA) is 84.7 Å². The zero-order valence-electron chi connectivity index (χ0n) is 12.1. The van der Waals surface area contributed by atoms with Gasteiger partial charge in [-0.1, -0.05) is 0 Å². The molecular formula is C13H24FN3O3. The van der Waals surface area contributed by atoms with Crippen LogP contribution in [0.15, 0.2) is 0 Å². The number of hydrogen-bond acceptors (Lipinski definition) is 4. The van der Waals surface area contributed by atoms with E-state index in [4.69, 9.17) is 10.5 Å². The maximum atomic E-state index is 13.4. The molecule has 1 rings (SSSR count). The Bertz CT molecular complexity index is 341. The number of ether oxygens (including phenoxy) is 1. The minimum Gasteiger partial charge on any atom is -0.382 e. The highest BCUT2D eigenvalue weighted by atomic mass is 19.1. The quantitative estimate of drug-likeness (QED) is 0.649. The summed E-state index contributed by atoms with van der Waals surface area (Å²) in [6.07, 6.45) is 0.404. The van der Waals surface area contributed by atoms with Crippen LogP contribution < -0.4 is 11.1 Å². The number of primary amides is 1. The van der Waals surface area contributed by atoms with Crippen LogP contribution in [0.25, 0.3) is 0 Å². The molecule has 1 saturated heterocycles. The van der Waals surface area contributed by atoms with Crippen molar-refractivity contribution in [3.8, 4) is 0 Å². The Labute approximate surface area is 118 Å². The normalized spacial score (nSPS) is 24.6. The molecule has 0 bridgehead atoms. The van der Waals surface area contributed by atoms with Crippen molar-refractivity contribution in [2.24, 2.45) is 5.73 Å². The first-order chi connectivity index (χ1) is 9.42. The molecule has 0 aromatic rings. The predicted octanol–water partition coefficient (Wildman–Crippen LogP) is -0.185. The molecule has 3 N–H and O–H groups in total. The molecule has 7 heteroatoms. The van der Waals surface area contributed by atoms with Gasteiger partial charge in [0, 0.05) is 32.7 Å². The first-order valence-corrected chi connectivity index (χ1v) is 6.88. The fraction of sp³-hybridized carbons (Fsp3) is 0.846. The van der Waals surface area contributed by atoms with Gasteiger partial charge in [0.25, 0.3) is 0 Å². The highest BCUT2D eigenvalue weighted by Crippen LogP contribution is 2.19. The first kappa shape index (κ1) is 16.8. The monoisotopic (exact) mass is 289 g/mol. The molecule has 0 aromatic carbocycles. The molecule has 0 spiro atoms. The summed E-state index contributed by atoms with van der Waals surface area (Å²) in [6.45, 7) is 2.46. The van der Waals surface area contributed by atoms with Crippen LogP contribution in [0.5, 0.6) is 0 Å². The highest BCUT2D eigenvalue weighted by molar-refractivity contribution is 5.76. The van der Waals surface area contributed by atoms with Crippen LogP contribution in [0.3, 0.4) is 0 Å². The Balaban J connectivity index is 2.31. The fourth-order valence-corrected chi connectivity index (χ4v) is 2.30. The zero-order chi connectivity index (χ0) is 15.1. The highest BCUT2D eigenvalue weighted by Gasteiger charge is 2.32. The van der Waals surface area contributed by atoms with Crippen LogP contribution in [-0.2, 0) is 14.3 Å². The van der Waals surface area contributed by atoms with Gasteiger partial charge in [0.2, 0.25) is 11.8 Å². The van der Waals surface area contributed by atoms with E-state index in [1.165, 1.54) is 0 Å². The van der Waals surface area contributed by atoms with Crippen LogP contribution in [0.2, 0.25) is 0 Å². The number of methoxy groups -OCH3 is 1. The standard InChI is InChI=1S/C13H24FN3O3/c1-9(20-2)3-4-13(19)16-6-11-5-10(14)7-17(11)8-12(15)18/h9-11H,3-8H2,1-2H3,(H2,15,18)(H,16,19)/t9-,10+,11+/m1/s1. The number of carbonyl (C=O) groups is 2. The molecular weight excluding hydrogens is 265 g/mol. The molecule has 0 aromatic heterocycles. The summed E-state index contributed by atoms with van der Waals surface area (Å²) in [4.78, 5) is 24.3. The van der Waals surface area contributed by atoms with E-state index in [9.17, 15) is 14.0 Å². The van der Waals surface area contributed by atoms with Crippen molar-refractivity contribution in [3.63, 3.8) is 0 Å². The van der Waals surface area contributed by atoms with Gasteiger partial charge in [-0.15, -0.1) is 0 Å². The van der Waals surface area contributed by atoms with Crippen molar-refractivity contribution in [3.05, 3.63) is 0 Å². The van der Waals surface area contributed by atoms with Gasteiger partial charge in [0.1, 0.15) is 6.17 Å². The third kappa shape index (κ3) is 5.83. The van der Waals surface area contributed by atoms with Crippen molar-refractivity contribution in [1.29, 1.82) is 0 Å². The maximum absolute atomic E-state index is 13.4. The number of nitrogens with two attached hydrogens (primary N) is 1. The molecule has 0 radical (unpaired) electrons. The lowest BCUT2D eigenvalue weighted by atomic mass is 10.2. The average Bonchev–Trinajstić information content (AvgIpc) is 2.72. The molecule has 0 unspecified atom stereocenters. The number of alkyl halides is 1. The first-order valence-electron chi connectivity index (χ1n) is 6.88. The van der Waals surface area contributed by atoms with Gasteiger partial charge >= 0.3 is 0 Å². The Morgan fingerprint density at radius 3 is 2.85 bits per heavy atom. The van der Waals surface area contributed by atoms with Crippen molar-refractivity contribution in [2.45, 2.75) is 44.5 Å². The Morgan fingerprint density at radius 1 is 1.55 bits per heavy atom. The van der Waals surface area contributed by atoms with Gasteiger partial charge in [0.15, 0.2) is 0 Å². The molecule has 1 heterocycles. The lowest BCUT2D eigenvalue weighted by molar-refractivity contribution is -0.121. The molecule has 2 amide bonds. The molecule has 1 aliphatic heterocycles. The minimum absolute atomic E-state index is 0.0294. The summed E-state index contributed by atoms with van der Waals surface area (Å²) >= 11 is 0. The summed E-state index contributed by atoms with van der Waals surface area (Å²) in [5.41, 5.74) is 5.13. The van der Waals surface area contributed by atoms with E-state index in [-0.39, 0.29) is 31.1 Å². The van der Waals surface area contributed by atoms with Crippen LogP contribution in [0.1, 0.15) is 26.2 Å². The number of amides is 2. The van der Waals surface area contributed by atoms with E-state index >= 15 is 0 Å². The van der Waals surface area contributed by atoms with Crippen molar-refractivity contribution < 1.29 is 18.7 Å². The number of halogens is 1. The second-order valence-electron chi connectivity index (χ2n) is 5.27.